The fraction of sp³-hybridized carbons (Fsp3) is 0.200. The smallest absolute Gasteiger partial charge is 1.00 e. The Labute approximate surface area is 168 Å². The van der Waals surface area contributed by atoms with E-state index in [1.165, 1.54) is 22.3 Å². The number of halogens is 2. The summed E-state index contributed by atoms with van der Waals surface area (Å²) in [5.74, 6) is 0. The van der Waals surface area contributed by atoms with Crippen LogP contribution in [0.1, 0.15) is 23.1 Å². The van der Waals surface area contributed by atoms with E-state index < -0.39 is 21.9 Å². The first kappa shape index (κ1) is 19.9. The summed E-state index contributed by atoms with van der Waals surface area (Å²) < 4.78 is 1.80. The van der Waals surface area contributed by atoms with Crippen molar-refractivity contribution in [2.75, 3.05) is 0 Å². The van der Waals surface area contributed by atoms with Crippen LogP contribution in [0.5, 0.6) is 0 Å². The van der Waals surface area contributed by atoms with Crippen LogP contribution in [0.3, 0.4) is 0 Å². The molecule has 0 atom stereocenters. The quantitative estimate of drug-likeness (QED) is 0.421. The van der Waals surface area contributed by atoms with Gasteiger partial charge in [0.25, 0.3) is 0 Å². The zero-order valence-corrected chi connectivity index (χ0v) is 18.8. The Morgan fingerprint density at radius 3 is 2.38 bits per heavy atom. The molecule has 4 rings (SSSR count). The Morgan fingerprint density at radius 2 is 1.67 bits per heavy atom. The maximum atomic E-state index is 2.50. The molecule has 121 valence electrons. The molecule has 0 N–H and O–H groups in total. The second-order valence-corrected chi connectivity index (χ2v) is 19.0. The van der Waals surface area contributed by atoms with Gasteiger partial charge in [-0.1, -0.05) is 0 Å². The zero-order valence-electron chi connectivity index (χ0n) is 13.9. The zero-order chi connectivity index (χ0) is 15.1. The van der Waals surface area contributed by atoms with Crippen LogP contribution in [-0.2, 0) is 28.3 Å². The second kappa shape index (κ2) is 8.32. The molecule has 0 aliphatic heterocycles. The van der Waals surface area contributed by atoms with Crippen LogP contribution in [-0.4, -0.2) is 5.43 Å². The Bertz CT molecular complexity index is 862. The number of fused-ring (bicyclic) bond motifs is 3. The van der Waals surface area contributed by atoms with Gasteiger partial charge in [-0.25, -0.2) is 0 Å². The van der Waals surface area contributed by atoms with E-state index >= 15 is 0 Å². The summed E-state index contributed by atoms with van der Waals surface area (Å²) in [5.41, 5.74) is 9.18. The summed E-state index contributed by atoms with van der Waals surface area (Å²) in [7, 11) is 0. The Balaban J connectivity index is 0.00000104. The molecule has 0 amide bonds. The molecule has 0 fully saturated rings. The van der Waals surface area contributed by atoms with E-state index in [0.717, 1.165) is 12.8 Å². The van der Waals surface area contributed by atoms with Crippen LogP contribution in [0, 0.1) is 0 Å². The predicted octanol–water partition coefficient (Wildman–Crippen LogP) is -1.43. The van der Waals surface area contributed by atoms with E-state index in [2.05, 4.69) is 67.7 Å². The molecule has 0 nitrogen and oxygen atoms in total. The van der Waals surface area contributed by atoms with Gasteiger partial charge >= 0.3 is 145 Å². The monoisotopic (exact) mass is 447 g/mol. The van der Waals surface area contributed by atoms with Crippen LogP contribution in [0.15, 0.2) is 54.6 Å². The molecule has 0 saturated heterocycles. The van der Waals surface area contributed by atoms with E-state index in [-0.39, 0.29) is 30.2 Å². The SMILES string of the molecule is C[Si](C)=[Zr+2][c]1c(C2=CC=CC2)ccc2c1Cc1ccccc1-2.[Cl-].[Cl-]. The fourth-order valence-corrected chi connectivity index (χ4v) is 11.2. The Kier molecular flexibility index (Phi) is 6.90. The minimum absolute atomic E-state index is 0. The summed E-state index contributed by atoms with van der Waals surface area (Å²) in [4.78, 5) is 0. The average molecular weight is 450 g/mol. The molecule has 0 unspecified atom stereocenters. The third kappa shape index (κ3) is 3.58. The van der Waals surface area contributed by atoms with Gasteiger partial charge in [-0.2, -0.15) is 0 Å². The van der Waals surface area contributed by atoms with Crippen molar-refractivity contribution in [3.05, 3.63) is 71.3 Å². The summed E-state index contributed by atoms with van der Waals surface area (Å²) in [5, 5.41) is 0. The van der Waals surface area contributed by atoms with Gasteiger partial charge in [0.1, 0.15) is 0 Å². The number of rotatable bonds is 2. The molecule has 2 aromatic carbocycles. The van der Waals surface area contributed by atoms with Crippen LogP contribution < -0.4 is 28.1 Å². The molecule has 0 heterocycles. The van der Waals surface area contributed by atoms with Crippen molar-refractivity contribution >= 4 is 14.3 Å². The minimum Gasteiger partial charge on any atom is -1.00 e. The molecular weight excluding hydrogens is 430 g/mol. The molecular formula is C20H19Cl2SiZr. The average Bonchev–Trinajstić information content (AvgIpc) is 3.14. The van der Waals surface area contributed by atoms with Gasteiger partial charge in [0.15, 0.2) is 0 Å². The van der Waals surface area contributed by atoms with Gasteiger partial charge in [0, 0.05) is 0 Å². The number of hydrogen-bond donors (Lipinski definition) is 0. The third-order valence-electron chi connectivity index (χ3n) is 4.48. The Hall–Kier alpha value is -0.400. The molecule has 2 aromatic rings. The van der Waals surface area contributed by atoms with E-state index in [1.807, 2.05) is 0 Å². The van der Waals surface area contributed by atoms with Crippen LogP contribution in [0.4, 0.5) is 0 Å². The Morgan fingerprint density at radius 1 is 0.917 bits per heavy atom. The molecule has 24 heavy (non-hydrogen) atoms. The van der Waals surface area contributed by atoms with Crippen LogP contribution in [0.25, 0.3) is 16.7 Å². The van der Waals surface area contributed by atoms with E-state index in [9.17, 15) is 0 Å². The summed E-state index contributed by atoms with van der Waals surface area (Å²) in [6.07, 6.45) is 9.11. The molecule has 0 saturated carbocycles. The summed E-state index contributed by atoms with van der Waals surface area (Å²) >= 11 is -0.459. The normalized spacial score (nSPS) is 13.2. The van der Waals surface area contributed by atoms with Crippen molar-refractivity contribution < 1.29 is 46.7 Å². The summed E-state index contributed by atoms with van der Waals surface area (Å²) in [6, 6.07) is 13.8. The molecule has 0 bridgehead atoms. The van der Waals surface area contributed by atoms with Crippen LogP contribution in [0.2, 0.25) is 13.1 Å². The molecule has 0 aromatic heterocycles. The van der Waals surface area contributed by atoms with Gasteiger partial charge in [0.2, 0.25) is 0 Å². The van der Waals surface area contributed by atoms with Gasteiger partial charge in [0.05, 0.1) is 0 Å². The third-order valence-corrected chi connectivity index (χ3v) is 12.2. The maximum absolute atomic E-state index is 2.50. The molecule has 0 spiro atoms. The first-order valence-corrected chi connectivity index (χ1v) is 15.3. The van der Waals surface area contributed by atoms with E-state index in [4.69, 9.17) is 0 Å². The first-order chi connectivity index (χ1) is 10.7. The maximum Gasteiger partial charge on any atom is -1.00 e. The summed E-state index contributed by atoms with van der Waals surface area (Å²) in [6.45, 7) is 5.01. The van der Waals surface area contributed by atoms with Gasteiger partial charge in [-0.05, 0) is 0 Å². The fourth-order valence-electron chi connectivity index (χ4n) is 3.52. The molecule has 0 radical (unpaired) electrons. The van der Waals surface area contributed by atoms with Crippen molar-refractivity contribution in [2.24, 2.45) is 0 Å². The molecule has 2 aliphatic carbocycles. The van der Waals surface area contributed by atoms with Gasteiger partial charge < -0.3 is 24.8 Å². The minimum atomic E-state index is -0.459. The van der Waals surface area contributed by atoms with E-state index in [1.54, 1.807) is 14.4 Å². The van der Waals surface area contributed by atoms with Crippen molar-refractivity contribution in [2.45, 2.75) is 25.9 Å². The molecule has 4 heteroatoms. The van der Waals surface area contributed by atoms with Crippen molar-refractivity contribution in [3.8, 4) is 11.1 Å². The van der Waals surface area contributed by atoms with Crippen molar-refractivity contribution in [1.82, 2.24) is 0 Å². The van der Waals surface area contributed by atoms with Crippen molar-refractivity contribution in [3.63, 3.8) is 0 Å². The topological polar surface area (TPSA) is 0 Å². The van der Waals surface area contributed by atoms with Gasteiger partial charge in [-0.3, -0.25) is 0 Å². The largest absolute Gasteiger partial charge is 1.00 e. The predicted molar refractivity (Wildman–Crippen MR) is 93.5 cm³/mol. The number of benzene rings is 2. The number of allylic oxidation sites excluding steroid dienone is 4. The van der Waals surface area contributed by atoms with Crippen LogP contribution >= 0.6 is 0 Å². The standard InChI is InChI=1S/C18H13.C2H6Si.2ClH.Zr/c1-2-6-13(5-1)14-9-10-18-16(11-14)12-15-7-3-4-8-17(15)18;1-3-2;;;/h1-5,7-10H,6,12H2;1-2H3;2*1H;/q;;;;+2/p-2. The van der Waals surface area contributed by atoms with Gasteiger partial charge in [-0.15, -0.1) is 0 Å². The number of hydrogen-bond acceptors (Lipinski definition) is 0. The van der Waals surface area contributed by atoms with Crippen molar-refractivity contribution in [1.29, 1.82) is 0 Å². The molecule has 2 aliphatic rings. The van der Waals surface area contributed by atoms with E-state index in [0.29, 0.717) is 0 Å². The first-order valence-electron chi connectivity index (χ1n) is 7.91. The second-order valence-electron chi connectivity index (χ2n) is 6.30.